The molecule has 21 heavy (non-hydrogen) atoms. The van der Waals surface area contributed by atoms with E-state index in [0.717, 1.165) is 13.0 Å². The van der Waals surface area contributed by atoms with Gasteiger partial charge in [0, 0.05) is 6.54 Å². The molecule has 1 heterocycles. The summed E-state index contributed by atoms with van der Waals surface area (Å²) in [4.78, 5) is 12.8. The standard InChI is InChI=1S/C15H21N5O/c1-4-10-16-13-18-14(20-15(19-13)21-3)17-11(2)12-8-6-5-7-9-12/h5-9,11H,4,10H2,1-3H3,(H2,16,17,18,19,20). The number of anilines is 2. The zero-order valence-electron chi connectivity index (χ0n) is 12.6. The van der Waals surface area contributed by atoms with Crippen LogP contribution in [0.5, 0.6) is 6.01 Å². The van der Waals surface area contributed by atoms with E-state index < -0.39 is 0 Å². The molecule has 0 saturated carbocycles. The van der Waals surface area contributed by atoms with Gasteiger partial charge in [0.1, 0.15) is 0 Å². The molecule has 2 rings (SSSR count). The van der Waals surface area contributed by atoms with Crippen molar-refractivity contribution in [2.45, 2.75) is 26.3 Å². The Balaban J connectivity index is 2.14. The highest BCUT2D eigenvalue weighted by Gasteiger charge is 2.10. The van der Waals surface area contributed by atoms with Crippen molar-refractivity contribution < 1.29 is 4.74 Å². The van der Waals surface area contributed by atoms with E-state index in [2.05, 4.69) is 51.6 Å². The van der Waals surface area contributed by atoms with E-state index in [0.29, 0.717) is 17.9 Å². The van der Waals surface area contributed by atoms with Crippen LogP contribution in [0.3, 0.4) is 0 Å². The van der Waals surface area contributed by atoms with E-state index in [1.807, 2.05) is 18.2 Å². The molecule has 6 nitrogen and oxygen atoms in total. The van der Waals surface area contributed by atoms with Crippen molar-refractivity contribution in [1.29, 1.82) is 0 Å². The van der Waals surface area contributed by atoms with Crippen LogP contribution in [0.25, 0.3) is 0 Å². The Hall–Kier alpha value is -2.37. The van der Waals surface area contributed by atoms with Crippen molar-refractivity contribution in [3.63, 3.8) is 0 Å². The summed E-state index contributed by atoms with van der Waals surface area (Å²) in [7, 11) is 1.54. The lowest BCUT2D eigenvalue weighted by Gasteiger charge is -2.15. The number of aromatic nitrogens is 3. The Morgan fingerprint density at radius 1 is 1.10 bits per heavy atom. The van der Waals surface area contributed by atoms with Crippen molar-refractivity contribution in [2.75, 3.05) is 24.3 Å². The highest BCUT2D eigenvalue weighted by atomic mass is 16.5. The van der Waals surface area contributed by atoms with Crippen molar-refractivity contribution in [2.24, 2.45) is 0 Å². The smallest absolute Gasteiger partial charge is 0.322 e. The van der Waals surface area contributed by atoms with Crippen LogP contribution in [0, 0.1) is 0 Å². The lowest BCUT2D eigenvalue weighted by atomic mass is 10.1. The first-order valence-corrected chi connectivity index (χ1v) is 7.08. The number of rotatable bonds is 7. The SMILES string of the molecule is CCCNc1nc(NC(C)c2ccccc2)nc(OC)n1. The summed E-state index contributed by atoms with van der Waals surface area (Å²) in [6, 6.07) is 10.5. The highest BCUT2D eigenvalue weighted by molar-refractivity contribution is 5.38. The predicted octanol–water partition coefficient (Wildman–Crippen LogP) is 2.88. The molecule has 0 radical (unpaired) electrons. The van der Waals surface area contributed by atoms with Crippen LogP contribution in [0.2, 0.25) is 0 Å². The van der Waals surface area contributed by atoms with Crippen molar-refractivity contribution in [1.82, 2.24) is 15.0 Å². The van der Waals surface area contributed by atoms with Crippen molar-refractivity contribution in [3.8, 4) is 6.01 Å². The third kappa shape index (κ3) is 4.30. The lowest BCUT2D eigenvalue weighted by Crippen LogP contribution is -2.13. The summed E-state index contributed by atoms with van der Waals surface area (Å²) in [5.74, 6) is 1.02. The van der Waals surface area contributed by atoms with E-state index >= 15 is 0 Å². The fraction of sp³-hybridized carbons (Fsp3) is 0.400. The topological polar surface area (TPSA) is 72.0 Å². The zero-order valence-corrected chi connectivity index (χ0v) is 12.6. The van der Waals surface area contributed by atoms with Gasteiger partial charge < -0.3 is 15.4 Å². The van der Waals surface area contributed by atoms with Gasteiger partial charge in [0.15, 0.2) is 0 Å². The minimum Gasteiger partial charge on any atom is -0.467 e. The molecule has 6 heteroatoms. The second-order valence-corrected chi connectivity index (χ2v) is 4.67. The molecule has 0 amide bonds. The van der Waals surface area contributed by atoms with Gasteiger partial charge in [-0.1, -0.05) is 37.3 Å². The lowest BCUT2D eigenvalue weighted by molar-refractivity contribution is 0.379. The molecule has 1 unspecified atom stereocenters. The fourth-order valence-electron chi connectivity index (χ4n) is 1.85. The van der Waals surface area contributed by atoms with E-state index in [4.69, 9.17) is 4.74 Å². The van der Waals surface area contributed by atoms with E-state index in [9.17, 15) is 0 Å². The molecule has 0 bridgehead atoms. The maximum Gasteiger partial charge on any atom is 0.322 e. The average Bonchev–Trinajstić information content (AvgIpc) is 2.53. The number of ether oxygens (including phenoxy) is 1. The molecule has 1 aromatic heterocycles. The first kappa shape index (κ1) is 15.0. The number of benzene rings is 1. The molecule has 0 aliphatic heterocycles. The Kier molecular flexibility index (Phi) is 5.31. The average molecular weight is 287 g/mol. The van der Waals surface area contributed by atoms with Crippen LogP contribution in [-0.4, -0.2) is 28.6 Å². The summed E-state index contributed by atoms with van der Waals surface area (Å²) in [6.07, 6.45) is 0.997. The monoisotopic (exact) mass is 287 g/mol. The Labute approximate surface area is 125 Å². The summed E-state index contributed by atoms with van der Waals surface area (Å²) in [6.45, 7) is 4.95. The quantitative estimate of drug-likeness (QED) is 0.816. The first-order valence-electron chi connectivity index (χ1n) is 7.08. The summed E-state index contributed by atoms with van der Waals surface area (Å²) >= 11 is 0. The molecule has 112 valence electrons. The Bertz CT molecular complexity index is 561. The molecular formula is C15H21N5O. The van der Waals surface area contributed by atoms with E-state index in [1.165, 1.54) is 5.56 Å². The largest absolute Gasteiger partial charge is 0.467 e. The number of hydrogen-bond acceptors (Lipinski definition) is 6. The number of nitrogens with zero attached hydrogens (tertiary/aromatic N) is 3. The number of nitrogens with one attached hydrogen (secondary N) is 2. The number of hydrogen-bond donors (Lipinski definition) is 2. The molecule has 1 aromatic carbocycles. The van der Waals surface area contributed by atoms with Gasteiger partial charge in [-0.25, -0.2) is 0 Å². The molecule has 2 N–H and O–H groups in total. The van der Waals surface area contributed by atoms with Gasteiger partial charge in [-0.3, -0.25) is 0 Å². The summed E-state index contributed by atoms with van der Waals surface area (Å²) < 4.78 is 5.12. The molecule has 0 fully saturated rings. The molecule has 2 aromatic rings. The van der Waals surface area contributed by atoms with Gasteiger partial charge in [0.05, 0.1) is 13.2 Å². The first-order chi connectivity index (χ1) is 10.2. The van der Waals surface area contributed by atoms with Crippen LogP contribution < -0.4 is 15.4 Å². The van der Waals surface area contributed by atoms with E-state index in [-0.39, 0.29) is 6.04 Å². The Morgan fingerprint density at radius 3 is 2.48 bits per heavy atom. The summed E-state index contributed by atoms with van der Waals surface area (Å²) in [5.41, 5.74) is 1.17. The molecule has 0 saturated heterocycles. The van der Waals surface area contributed by atoms with Crippen molar-refractivity contribution in [3.05, 3.63) is 35.9 Å². The zero-order chi connectivity index (χ0) is 15.1. The van der Waals surface area contributed by atoms with Gasteiger partial charge in [-0.15, -0.1) is 0 Å². The van der Waals surface area contributed by atoms with Gasteiger partial charge in [-0.05, 0) is 18.9 Å². The van der Waals surface area contributed by atoms with Gasteiger partial charge in [0.25, 0.3) is 0 Å². The van der Waals surface area contributed by atoms with Gasteiger partial charge in [-0.2, -0.15) is 15.0 Å². The molecule has 0 aliphatic rings. The van der Waals surface area contributed by atoms with Crippen LogP contribution >= 0.6 is 0 Å². The van der Waals surface area contributed by atoms with Crippen molar-refractivity contribution >= 4 is 11.9 Å². The third-order valence-corrected chi connectivity index (χ3v) is 2.98. The highest BCUT2D eigenvalue weighted by Crippen LogP contribution is 2.18. The van der Waals surface area contributed by atoms with Gasteiger partial charge in [0.2, 0.25) is 11.9 Å². The predicted molar refractivity (Wildman–Crippen MR) is 83.6 cm³/mol. The van der Waals surface area contributed by atoms with E-state index in [1.54, 1.807) is 7.11 Å². The van der Waals surface area contributed by atoms with Crippen LogP contribution in [0.1, 0.15) is 31.9 Å². The normalized spacial score (nSPS) is 11.8. The maximum atomic E-state index is 5.12. The summed E-state index contributed by atoms with van der Waals surface area (Å²) in [5, 5.41) is 6.41. The van der Waals surface area contributed by atoms with Gasteiger partial charge >= 0.3 is 6.01 Å². The molecule has 0 aliphatic carbocycles. The second kappa shape index (κ2) is 7.42. The van der Waals surface area contributed by atoms with Crippen LogP contribution in [-0.2, 0) is 0 Å². The maximum absolute atomic E-state index is 5.12. The Morgan fingerprint density at radius 2 is 1.81 bits per heavy atom. The minimum atomic E-state index is 0.0948. The number of methoxy groups -OCH3 is 1. The molecular weight excluding hydrogens is 266 g/mol. The fourth-order valence-corrected chi connectivity index (χ4v) is 1.85. The molecule has 1 atom stereocenters. The van der Waals surface area contributed by atoms with Crippen LogP contribution in [0.15, 0.2) is 30.3 Å². The second-order valence-electron chi connectivity index (χ2n) is 4.67. The minimum absolute atomic E-state index is 0.0948. The molecule has 0 spiro atoms. The third-order valence-electron chi connectivity index (χ3n) is 2.98. The van der Waals surface area contributed by atoms with Crippen LogP contribution in [0.4, 0.5) is 11.9 Å².